The number of nitrogens with one attached hydrogen (secondary N) is 2. The van der Waals surface area contributed by atoms with Crippen LogP contribution in [0.25, 0.3) is 0 Å². The summed E-state index contributed by atoms with van der Waals surface area (Å²) in [5, 5.41) is 3.25. The Kier molecular flexibility index (Phi) is 4.97. The van der Waals surface area contributed by atoms with Crippen LogP contribution < -0.4 is 10.0 Å². The van der Waals surface area contributed by atoms with Gasteiger partial charge in [-0.15, -0.1) is 0 Å². The molecule has 106 valence electrons. The summed E-state index contributed by atoms with van der Waals surface area (Å²) in [5.41, 5.74) is 0. The van der Waals surface area contributed by atoms with Gasteiger partial charge in [-0.05, 0) is 13.3 Å². The second kappa shape index (κ2) is 6.29. The van der Waals surface area contributed by atoms with Gasteiger partial charge < -0.3 is 10.1 Å². The SMILES string of the molecule is CC1OCCC1NS(=O)(=O)CCN1CCNCC1. The van der Waals surface area contributed by atoms with Crippen LogP contribution >= 0.6 is 0 Å². The smallest absolute Gasteiger partial charge is 0.213 e. The van der Waals surface area contributed by atoms with Crippen molar-refractivity contribution in [3.63, 3.8) is 0 Å². The van der Waals surface area contributed by atoms with Crippen LogP contribution in [0.5, 0.6) is 0 Å². The lowest BCUT2D eigenvalue weighted by molar-refractivity contribution is 0.116. The van der Waals surface area contributed by atoms with Crippen LogP contribution in [-0.4, -0.2) is 70.5 Å². The van der Waals surface area contributed by atoms with Crippen molar-refractivity contribution < 1.29 is 13.2 Å². The Hall–Kier alpha value is -0.210. The summed E-state index contributed by atoms with van der Waals surface area (Å²) in [4.78, 5) is 2.18. The molecule has 0 amide bonds. The van der Waals surface area contributed by atoms with E-state index in [9.17, 15) is 8.42 Å². The third kappa shape index (κ3) is 4.17. The van der Waals surface area contributed by atoms with Gasteiger partial charge in [0, 0.05) is 45.4 Å². The molecule has 0 aromatic heterocycles. The number of piperazine rings is 1. The molecule has 0 bridgehead atoms. The maximum Gasteiger partial charge on any atom is 0.213 e. The van der Waals surface area contributed by atoms with Gasteiger partial charge >= 0.3 is 0 Å². The lowest BCUT2D eigenvalue weighted by atomic mass is 10.2. The number of rotatable bonds is 5. The highest BCUT2D eigenvalue weighted by molar-refractivity contribution is 7.89. The number of sulfonamides is 1. The van der Waals surface area contributed by atoms with E-state index in [-0.39, 0.29) is 17.9 Å². The molecule has 2 aliphatic heterocycles. The largest absolute Gasteiger partial charge is 0.377 e. The Bertz CT molecular complexity index is 355. The molecule has 2 atom stereocenters. The fraction of sp³-hybridized carbons (Fsp3) is 1.00. The van der Waals surface area contributed by atoms with Gasteiger partial charge in [0.2, 0.25) is 10.0 Å². The molecule has 2 heterocycles. The monoisotopic (exact) mass is 277 g/mol. The van der Waals surface area contributed by atoms with Gasteiger partial charge in [0.05, 0.1) is 11.9 Å². The maximum atomic E-state index is 12.0. The summed E-state index contributed by atoms with van der Waals surface area (Å²) in [7, 11) is -3.19. The average Bonchev–Trinajstić information content (AvgIpc) is 2.73. The van der Waals surface area contributed by atoms with E-state index in [4.69, 9.17) is 4.74 Å². The van der Waals surface area contributed by atoms with Crippen LogP contribution in [0.15, 0.2) is 0 Å². The van der Waals surface area contributed by atoms with Crippen LogP contribution in [0.4, 0.5) is 0 Å². The van der Waals surface area contributed by atoms with E-state index in [1.54, 1.807) is 0 Å². The van der Waals surface area contributed by atoms with Crippen LogP contribution in [0.3, 0.4) is 0 Å². The summed E-state index contributed by atoms with van der Waals surface area (Å²) in [6.07, 6.45) is 0.757. The Morgan fingerprint density at radius 3 is 2.72 bits per heavy atom. The maximum absolute atomic E-state index is 12.0. The molecule has 0 saturated carbocycles. The third-order valence-corrected chi connectivity index (χ3v) is 4.97. The molecule has 0 radical (unpaired) electrons. The van der Waals surface area contributed by atoms with Crippen LogP contribution in [0.1, 0.15) is 13.3 Å². The Balaban J connectivity index is 1.76. The molecule has 0 spiro atoms. The molecule has 0 aromatic rings. The molecular formula is C11H23N3O3S. The first-order chi connectivity index (χ1) is 8.57. The predicted octanol–water partition coefficient (Wildman–Crippen LogP) is -1.01. The minimum Gasteiger partial charge on any atom is -0.377 e. The molecule has 6 nitrogen and oxygen atoms in total. The number of ether oxygens (including phenoxy) is 1. The zero-order valence-corrected chi connectivity index (χ0v) is 11.7. The van der Waals surface area contributed by atoms with Crippen molar-refractivity contribution in [3.05, 3.63) is 0 Å². The van der Waals surface area contributed by atoms with Gasteiger partial charge in [0.1, 0.15) is 0 Å². The second-order valence-electron chi connectivity index (χ2n) is 5.00. The van der Waals surface area contributed by atoms with Gasteiger partial charge in [0.25, 0.3) is 0 Å². The summed E-state index contributed by atoms with van der Waals surface area (Å²) < 4.78 is 32.0. The van der Waals surface area contributed by atoms with Gasteiger partial charge in [-0.2, -0.15) is 0 Å². The highest BCUT2D eigenvalue weighted by Gasteiger charge is 2.28. The molecule has 2 saturated heterocycles. The van der Waals surface area contributed by atoms with Gasteiger partial charge in [-0.3, -0.25) is 4.90 Å². The molecule has 18 heavy (non-hydrogen) atoms. The Labute approximate surface area is 109 Å². The van der Waals surface area contributed by atoms with Gasteiger partial charge in [-0.1, -0.05) is 0 Å². The minimum absolute atomic E-state index is 0.0149. The third-order valence-electron chi connectivity index (χ3n) is 3.59. The molecule has 0 aliphatic carbocycles. The van der Waals surface area contributed by atoms with E-state index in [1.807, 2.05) is 6.92 Å². The van der Waals surface area contributed by atoms with E-state index >= 15 is 0 Å². The summed E-state index contributed by atoms with van der Waals surface area (Å²) in [6.45, 7) is 6.92. The highest BCUT2D eigenvalue weighted by atomic mass is 32.2. The number of hydrogen-bond donors (Lipinski definition) is 2. The van der Waals surface area contributed by atoms with E-state index in [2.05, 4.69) is 14.9 Å². The lowest BCUT2D eigenvalue weighted by Gasteiger charge is -2.27. The topological polar surface area (TPSA) is 70.7 Å². The summed E-state index contributed by atoms with van der Waals surface area (Å²) >= 11 is 0. The van der Waals surface area contributed by atoms with Gasteiger partial charge in [0.15, 0.2) is 0 Å². The molecule has 0 aromatic carbocycles. The zero-order chi connectivity index (χ0) is 13.0. The van der Waals surface area contributed by atoms with Crippen molar-refractivity contribution in [2.45, 2.75) is 25.5 Å². The van der Waals surface area contributed by atoms with Crippen molar-refractivity contribution in [1.82, 2.24) is 14.9 Å². The normalized spacial score (nSPS) is 30.7. The van der Waals surface area contributed by atoms with Crippen LogP contribution in [0, 0.1) is 0 Å². The molecule has 2 rings (SSSR count). The first-order valence-corrected chi connectivity index (χ1v) is 8.27. The predicted molar refractivity (Wildman–Crippen MR) is 70.1 cm³/mol. The zero-order valence-electron chi connectivity index (χ0n) is 10.9. The quantitative estimate of drug-likeness (QED) is 0.674. The fourth-order valence-electron chi connectivity index (χ4n) is 2.36. The van der Waals surface area contributed by atoms with Crippen LogP contribution in [-0.2, 0) is 14.8 Å². The van der Waals surface area contributed by atoms with Crippen molar-refractivity contribution in [1.29, 1.82) is 0 Å². The molecule has 7 heteroatoms. The minimum atomic E-state index is -3.19. The molecule has 2 fully saturated rings. The first-order valence-electron chi connectivity index (χ1n) is 6.61. The highest BCUT2D eigenvalue weighted by Crippen LogP contribution is 2.13. The molecule has 2 unspecified atom stereocenters. The molecule has 2 N–H and O–H groups in total. The van der Waals surface area contributed by atoms with E-state index in [1.165, 1.54) is 0 Å². The van der Waals surface area contributed by atoms with Gasteiger partial charge in [-0.25, -0.2) is 13.1 Å². The molecule has 2 aliphatic rings. The van der Waals surface area contributed by atoms with E-state index in [0.29, 0.717) is 13.2 Å². The summed E-state index contributed by atoms with van der Waals surface area (Å²) in [6, 6.07) is -0.0574. The lowest BCUT2D eigenvalue weighted by Crippen LogP contribution is -2.47. The average molecular weight is 277 g/mol. The van der Waals surface area contributed by atoms with E-state index in [0.717, 1.165) is 32.6 Å². The Morgan fingerprint density at radius 1 is 1.39 bits per heavy atom. The van der Waals surface area contributed by atoms with Crippen LogP contribution in [0.2, 0.25) is 0 Å². The fourth-order valence-corrected chi connectivity index (χ4v) is 3.75. The number of nitrogens with zero attached hydrogens (tertiary/aromatic N) is 1. The van der Waals surface area contributed by atoms with Crippen molar-refractivity contribution >= 4 is 10.0 Å². The standard InChI is InChI=1S/C11H23N3O3S/c1-10-11(2-8-17-10)13-18(15,16)9-7-14-5-3-12-4-6-14/h10-13H,2-9H2,1H3. The number of hydrogen-bond acceptors (Lipinski definition) is 5. The van der Waals surface area contributed by atoms with Crippen molar-refractivity contribution in [2.75, 3.05) is 45.1 Å². The van der Waals surface area contributed by atoms with Crippen molar-refractivity contribution in [3.8, 4) is 0 Å². The van der Waals surface area contributed by atoms with E-state index < -0.39 is 10.0 Å². The molecular weight excluding hydrogens is 254 g/mol. The van der Waals surface area contributed by atoms with Crippen molar-refractivity contribution in [2.24, 2.45) is 0 Å². The Morgan fingerprint density at radius 2 is 2.11 bits per heavy atom. The summed E-state index contributed by atoms with van der Waals surface area (Å²) in [5.74, 6) is 0.177. The first kappa shape index (κ1) is 14.2. The second-order valence-corrected chi connectivity index (χ2v) is 6.87.